The van der Waals surface area contributed by atoms with Crippen molar-refractivity contribution >= 4 is 6.09 Å². The summed E-state index contributed by atoms with van der Waals surface area (Å²) in [6.45, 7) is 2.34. The summed E-state index contributed by atoms with van der Waals surface area (Å²) in [6, 6.07) is -0.385. The van der Waals surface area contributed by atoms with Gasteiger partial charge in [0, 0.05) is 26.7 Å². The molecule has 3 N–H and O–H groups in total. The van der Waals surface area contributed by atoms with Crippen LogP contribution in [0.2, 0.25) is 0 Å². The molecule has 1 aliphatic heterocycles. The number of hydrogen-bond donors (Lipinski definition) is 3. The zero-order chi connectivity index (χ0) is 10.6. The number of aliphatic hydroxyl groups is 1. The lowest BCUT2D eigenvalue weighted by molar-refractivity contribution is 0.133. The Bertz CT molecular complexity index is 200. The van der Waals surface area contributed by atoms with Crippen molar-refractivity contribution in [2.75, 3.05) is 33.4 Å². The van der Waals surface area contributed by atoms with Crippen molar-refractivity contribution in [3.8, 4) is 0 Å². The van der Waals surface area contributed by atoms with Crippen molar-refractivity contribution in [3.63, 3.8) is 0 Å². The number of hydrogen-bond acceptors (Lipinski definition) is 4. The highest BCUT2D eigenvalue weighted by atomic mass is 16.5. The van der Waals surface area contributed by atoms with Crippen LogP contribution in [0, 0.1) is 0 Å². The van der Waals surface area contributed by atoms with Crippen molar-refractivity contribution in [2.45, 2.75) is 12.1 Å². The number of rotatable bonds is 4. The number of amides is 1. The molecule has 0 aromatic rings. The van der Waals surface area contributed by atoms with Gasteiger partial charge in [0.25, 0.3) is 0 Å². The summed E-state index contributed by atoms with van der Waals surface area (Å²) >= 11 is 0. The Labute approximate surface area is 82.5 Å². The highest BCUT2D eigenvalue weighted by molar-refractivity contribution is 5.65. The lowest BCUT2D eigenvalue weighted by Crippen LogP contribution is -2.42. The SMILES string of the molecule is COCCN1C[C@@H](O)[C@@H](NC(=O)O)C1. The number of aliphatic hydroxyl groups excluding tert-OH is 1. The first kappa shape index (κ1) is 11.2. The van der Waals surface area contributed by atoms with E-state index in [-0.39, 0.29) is 6.04 Å². The average Bonchev–Trinajstić information content (AvgIpc) is 2.43. The van der Waals surface area contributed by atoms with Gasteiger partial charge in [-0.05, 0) is 0 Å². The minimum Gasteiger partial charge on any atom is -0.465 e. The number of methoxy groups -OCH3 is 1. The number of ether oxygens (including phenoxy) is 1. The third-order valence-electron chi connectivity index (χ3n) is 2.29. The van der Waals surface area contributed by atoms with Gasteiger partial charge in [0.15, 0.2) is 0 Å². The van der Waals surface area contributed by atoms with Crippen LogP contribution in [0.4, 0.5) is 4.79 Å². The molecule has 0 radical (unpaired) electrons. The van der Waals surface area contributed by atoms with E-state index < -0.39 is 12.2 Å². The van der Waals surface area contributed by atoms with Gasteiger partial charge >= 0.3 is 6.09 Å². The van der Waals surface area contributed by atoms with Crippen LogP contribution in [0.3, 0.4) is 0 Å². The summed E-state index contributed by atoms with van der Waals surface area (Å²) in [5.74, 6) is 0. The van der Waals surface area contributed by atoms with Gasteiger partial charge in [-0.1, -0.05) is 0 Å². The fourth-order valence-corrected chi connectivity index (χ4v) is 1.57. The molecule has 0 bridgehead atoms. The summed E-state index contributed by atoms with van der Waals surface area (Å²) in [5.41, 5.74) is 0. The maximum atomic E-state index is 10.4. The lowest BCUT2D eigenvalue weighted by Gasteiger charge is -2.14. The van der Waals surface area contributed by atoms with E-state index in [1.54, 1.807) is 7.11 Å². The van der Waals surface area contributed by atoms with Gasteiger partial charge in [-0.15, -0.1) is 0 Å². The fourth-order valence-electron chi connectivity index (χ4n) is 1.57. The zero-order valence-electron chi connectivity index (χ0n) is 8.14. The van der Waals surface area contributed by atoms with Crippen LogP contribution < -0.4 is 5.32 Å². The maximum absolute atomic E-state index is 10.4. The monoisotopic (exact) mass is 204 g/mol. The van der Waals surface area contributed by atoms with Crippen LogP contribution in [-0.4, -0.2) is 66.7 Å². The molecule has 0 aliphatic carbocycles. The number of carboxylic acid groups (broad SMARTS) is 1. The molecule has 14 heavy (non-hydrogen) atoms. The van der Waals surface area contributed by atoms with Crippen molar-refractivity contribution in [1.82, 2.24) is 10.2 Å². The molecule has 2 atom stereocenters. The van der Waals surface area contributed by atoms with Gasteiger partial charge < -0.3 is 20.3 Å². The molecule has 0 aromatic heterocycles. The summed E-state index contributed by atoms with van der Waals surface area (Å²) < 4.78 is 4.90. The Morgan fingerprint density at radius 1 is 1.64 bits per heavy atom. The van der Waals surface area contributed by atoms with Gasteiger partial charge in [0.2, 0.25) is 0 Å². The van der Waals surface area contributed by atoms with Crippen LogP contribution >= 0.6 is 0 Å². The van der Waals surface area contributed by atoms with E-state index in [4.69, 9.17) is 9.84 Å². The minimum absolute atomic E-state index is 0.385. The molecule has 1 saturated heterocycles. The molecule has 0 aromatic carbocycles. The molecule has 0 unspecified atom stereocenters. The van der Waals surface area contributed by atoms with Crippen LogP contribution in [0.25, 0.3) is 0 Å². The lowest BCUT2D eigenvalue weighted by atomic mass is 10.2. The Hall–Kier alpha value is -0.850. The Kier molecular flexibility index (Phi) is 4.12. The molecule has 0 saturated carbocycles. The van der Waals surface area contributed by atoms with Gasteiger partial charge in [0.05, 0.1) is 18.8 Å². The second-order valence-electron chi connectivity index (χ2n) is 3.38. The van der Waals surface area contributed by atoms with E-state index >= 15 is 0 Å². The van der Waals surface area contributed by atoms with Crippen LogP contribution in [0.15, 0.2) is 0 Å². The number of β-amino-alcohol motifs (C(OH)–C–C–N with tert-alkyl or cyclic N) is 1. The van der Waals surface area contributed by atoms with Gasteiger partial charge in [-0.25, -0.2) is 4.79 Å². The second-order valence-corrected chi connectivity index (χ2v) is 3.38. The van der Waals surface area contributed by atoms with Crippen molar-refractivity contribution in [1.29, 1.82) is 0 Å². The average molecular weight is 204 g/mol. The molecule has 6 heteroatoms. The third-order valence-corrected chi connectivity index (χ3v) is 2.29. The van der Waals surface area contributed by atoms with E-state index in [1.165, 1.54) is 0 Å². The van der Waals surface area contributed by atoms with Gasteiger partial charge in [-0.3, -0.25) is 4.90 Å². The van der Waals surface area contributed by atoms with Gasteiger partial charge in [0.1, 0.15) is 0 Å². The van der Waals surface area contributed by atoms with Crippen molar-refractivity contribution in [3.05, 3.63) is 0 Å². The second kappa shape index (κ2) is 5.14. The normalized spacial score (nSPS) is 27.9. The first-order chi connectivity index (χ1) is 6.63. The molecule has 1 fully saturated rings. The van der Waals surface area contributed by atoms with E-state index in [2.05, 4.69) is 5.32 Å². The first-order valence-corrected chi connectivity index (χ1v) is 4.52. The molecule has 1 aliphatic rings. The van der Waals surface area contributed by atoms with Crippen molar-refractivity contribution in [2.24, 2.45) is 0 Å². The summed E-state index contributed by atoms with van der Waals surface area (Å²) in [4.78, 5) is 12.3. The highest BCUT2D eigenvalue weighted by Crippen LogP contribution is 2.09. The fraction of sp³-hybridized carbons (Fsp3) is 0.875. The largest absolute Gasteiger partial charge is 0.465 e. The van der Waals surface area contributed by atoms with Crippen LogP contribution in [-0.2, 0) is 4.74 Å². The molecule has 1 heterocycles. The smallest absolute Gasteiger partial charge is 0.405 e. The van der Waals surface area contributed by atoms with E-state index in [1.807, 2.05) is 4.90 Å². The molecule has 0 spiro atoms. The molecule has 1 rings (SSSR count). The predicted molar refractivity (Wildman–Crippen MR) is 49.3 cm³/mol. The number of carbonyl (C=O) groups is 1. The Morgan fingerprint density at radius 2 is 2.36 bits per heavy atom. The first-order valence-electron chi connectivity index (χ1n) is 4.52. The van der Waals surface area contributed by atoms with E-state index in [0.29, 0.717) is 26.2 Å². The summed E-state index contributed by atoms with van der Waals surface area (Å²) in [5, 5.41) is 20.3. The number of nitrogens with one attached hydrogen (secondary N) is 1. The number of likely N-dealkylation sites (tertiary alicyclic amines) is 1. The third kappa shape index (κ3) is 3.13. The maximum Gasteiger partial charge on any atom is 0.405 e. The predicted octanol–water partition coefficient (Wildman–Crippen LogP) is -1.05. The van der Waals surface area contributed by atoms with Crippen LogP contribution in [0.1, 0.15) is 0 Å². The quantitative estimate of drug-likeness (QED) is 0.544. The molecular weight excluding hydrogens is 188 g/mol. The molecule has 1 amide bonds. The molecule has 6 nitrogen and oxygen atoms in total. The zero-order valence-corrected chi connectivity index (χ0v) is 8.14. The van der Waals surface area contributed by atoms with Crippen molar-refractivity contribution < 1.29 is 19.7 Å². The topological polar surface area (TPSA) is 82.0 Å². The summed E-state index contributed by atoms with van der Waals surface area (Å²) in [6.07, 6.45) is -1.72. The summed E-state index contributed by atoms with van der Waals surface area (Å²) in [7, 11) is 1.61. The van der Waals surface area contributed by atoms with E-state index in [9.17, 15) is 9.90 Å². The van der Waals surface area contributed by atoms with E-state index in [0.717, 1.165) is 0 Å². The Morgan fingerprint density at radius 3 is 2.93 bits per heavy atom. The minimum atomic E-state index is -1.09. The standard InChI is InChI=1S/C8H16N2O4/c1-14-3-2-10-4-6(7(11)5-10)9-8(12)13/h6-7,9,11H,2-5H2,1H3,(H,12,13)/t6-,7+/m0/s1. The van der Waals surface area contributed by atoms with Gasteiger partial charge in [-0.2, -0.15) is 0 Å². The van der Waals surface area contributed by atoms with Crippen LogP contribution in [0.5, 0.6) is 0 Å². The number of nitrogens with zero attached hydrogens (tertiary/aromatic N) is 1. The Balaban J connectivity index is 2.31. The molecule has 82 valence electrons. The highest BCUT2D eigenvalue weighted by Gasteiger charge is 2.31. The molecular formula is C8H16N2O4.